The van der Waals surface area contributed by atoms with Crippen LogP contribution in [0.1, 0.15) is 63.5 Å². The predicted octanol–water partition coefficient (Wildman–Crippen LogP) is 4.59. The first kappa shape index (κ1) is 21.3. The zero-order valence-electron chi connectivity index (χ0n) is 19.0. The molecule has 0 spiro atoms. The Morgan fingerprint density at radius 3 is 2.78 bits per heavy atom. The van der Waals surface area contributed by atoms with E-state index >= 15 is 0 Å². The molecule has 5 nitrogen and oxygen atoms in total. The van der Waals surface area contributed by atoms with Gasteiger partial charge in [0.05, 0.1) is 12.0 Å². The van der Waals surface area contributed by atoms with Gasteiger partial charge in [-0.2, -0.15) is 0 Å². The van der Waals surface area contributed by atoms with Crippen LogP contribution in [0.4, 0.5) is 5.69 Å². The first-order valence-electron chi connectivity index (χ1n) is 12.5. The number of carbonyl (C=O) groups is 2. The van der Waals surface area contributed by atoms with Crippen molar-refractivity contribution in [2.75, 3.05) is 11.9 Å². The van der Waals surface area contributed by atoms with Gasteiger partial charge in [-0.05, 0) is 37.3 Å². The molecular formula is C27H35N3O2. The van der Waals surface area contributed by atoms with E-state index in [2.05, 4.69) is 64.1 Å². The predicted molar refractivity (Wildman–Crippen MR) is 127 cm³/mol. The van der Waals surface area contributed by atoms with Gasteiger partial charge in [0.15, 0.2) is 0 Å². The first-order chi connectivity index (χ1) is 15.7. The number of likely N-dealkylation sites (tertiary alicyclic amines) is 1. The van der Waals surface area contributed by atoms with E-state index in [0.717, 1.165) is 45.1 Å². The number of benzene rings is 1. The molecule has 1 saturated carbocycles. The van der Waals surface area contributed by atoms with Crippen LogP contribution < -0.4 is 10.6 Å². The standard InChI is InChI=1S/C27H35N3O2/c1-2-24(31)28-23-15-9-7-13-20(23)27(32)30-17-16-21-25(18-10-4-3-5-11-18)29-22-14-8-6-12-19(22)26(21)30/h3-6,8,10,12,14,18,20-21,23,25-26,29H,2,7,9,11,13,15-17H2,1H3,(H,28,31)/t18?,20-,21+,23+,25-,26-/m0/s1. The maximum Gasteiger partial charge on any atom is 0.228 e. The summed E-state index contributed by atoms with van der Waals surface area (Å²) in [6.45, 7) is 2.68. The van der Waals surface area contributed by atoms with E-state index in [9.17, 15) is 9.59 Å². The third-order valence-electron chi connectivity index (χ3n) is 8.02. The van der Waals surface area contributed by atoms with Gasteiger partial charge in [-0.3, -0.25) is 9.59 Å². The number of fused-ring (bicyclic) bond motifs is 3. The molecule has 6 atom stereocenters. The second-order valence-corrected chi connectivity index (χ2v) is 9.82. The first-order valence-corrected chi connectivity index (χ1v) is 12.5. The largest absolute Gasteiger partial charge is 0.381 e. The molecule has 0 aromatic heterocycles. The average molecular weight is 434 g/mol. The lowest BCUT2D eigenvalue weighted by molar-refractivity contribution is -0.139. The Bertz CT molecular complexity index is 923. The highest BCUT2D eigenvalue weighted by Crippen LogP contribution is 2.49. The summed E-state index contributed by atoms with van der Waals surface area (Å²) < 4.78 is 0. The van der Waals surface area contributed by atoms with Crippen LogP contribution in [0.5, 0.6) is 0 Å². The Morgan fingerprint density at radius 2 is 1.97 bits per heavy atom. The lowest BCUT2D eigenvalue weighted by Gasteiger charge is -2.44. The molecule has 2 fully saturated rings. The van der Waals surface area contributed by atoms with Crippen molar-refractivity contribution in [1.29, 1.82) is 0 Å². The van der Waals surface area contributed by atoms with Gasteiger partial charge in [0.2, 0.25) is 11.8 Å². The number of nitrogens with zero attached hydrogens (tertiary/aromatic N) is 1. The molecule has 0 radical (unpaired) electrons. The van der Waals surface area contributed by atoms with Gasteiger partial charge in [-0.15, -0.1) is 0 Å². The molecule has 4 aliphatic rings. The molecule has 5 heteroatoms. The average Bonchev–Trinajstić information content (AvgIpc) is 3.29. The molecule has 1 aromatic carbocycles. The summed E-state index contributed by atoms with van der Waals surface area (Å²) in [6, 6.07) is 8.94. The minimum atomic E-state index is -0.101. The molecule has 1 saturated heterocycles. The molecule has 2 aliphatic carbocycles. The van der Waals surface area contributed by atoms with E-state index < -0.39 is 0 Å². The van der Waals surface area contributed by atoms with Crippen LogP contribution in [0.3, 0.4) is 0 Å². The number of hydrogen-bond donors (Lipinski definition) is 2. The smallest absolute Gasteiger partial charge is 0.228 e. The van der Waals surface area contributed by atoms with Gasteiger partial charge >= 0.3 is 0 Å². The van der Waals surface area contributed by atoms with E-state index in [1.54, 1.807) is 0 Å². The van der Waals surface area contributed by atoms with E-state index in [1.165, 1.54) is 11.3 Å². The van der Waals surface area contributed by atoms with Crippen molar-refractivity contribution in [3.05, 3.63) is 54.1 Å². The Morgan fingerprint density at radius 1 is 1.12 bits per heavy atom. The van der Waals surface area contributed by atoms with Gasteiger partial charge < -0.3 is 15.5 Å². The van der Waals surface area contributed by atoms with Crippen molar-refractivity contribution in [2.24, 2.45) is 17.8 Å². The molecule has 1 aromatic rings. The van der Waals surface area contributed by atoms with Gasteiger partial charge in [-0.25, -0.2) is 0 Å². The lowest BCUT2D eigenvalue weighted by atomic mass is 9.75. The molecular weight excluding hydrogens is 398 g/mol. The summed E-state index contributed by atoms with van der Waals surface area (Å²) in [5, 5.41) is 7.00. The third-order valence-corrected chi connectivity index (χ3v) is 8.02. The van der Waals surface area contributed by atoms with Gasteiger partial charge in [0.25, 0.3) is 0 Å². The highest BCUT2D eigenvalue weighted by atomic mass is 16.2. The highest BCUT2D eigenvalue weighted by Gasteiger charge is 2.49. The van der Waals surface area contributed by atoms with E-state index in [0.29, 0.717) is 24.3 Å². The fraction of sp³-hybridized carbons (Fsp3) is 0.556. The molecule has 2 aliphatic heterocycles. The van der Waals surface area contributed by atoms with Crippen LogP contribution in [-0.2, 0) is 9.59 Å². The molecule has 170 valence electrons. The van der Waals surface area contributed by atoms with Gasteiger partial charge in [0, 0.05) is 42.6 Å². The maximum atomic E-state index is 14.0. The molecule has 5 rings (SSSR count). The van der Waals surface area contributed by atoms with Crippen molar-refractivity contribution >= 4 is 17.5 Å². The minimum absolute atomic E-state index is 0.0260. The number of hydrogen-bond acceptors (Lipinski definition) is 3. The second-order valence-electron chi connectivity index (χ2n) is 9.82. The SMILES string of the molecule is CCC(=O)N[C@@H]1CCCC[C@@H]1C(=O)N1CC[C@@H]2[C@H](C3C=CC=CC3)Nc3ccccc3[C@@H]21. The van der Waals surface area contributed by atoms with Crippen molar-refractivity contribution in [3.8, 4) is 0 Å². The van der Waals surface area contributed by atoms with E-state index in [-0.39, 0.29) is 29.8 Å². The van der Waals surface area contributed by atoms with Crippen LogP contribution >= 0.6 is 0 Å². The number of anilines is 1. The number of carbonyl (C=O) groups excluding carboxylic acids is 2. The van der Waals surface area contributed by atoms with Gasteiger partial charge in [0.1, 0.15) is 0 Å². The fourth-order valence-corrected chi connectivity index (χ4v) is 6.42. The van der Waals surface area contributed by atoms with Crippen LogP contribution in [0.25, 0.3) is 0 Å². The van der Waals surface area contributed by atoms with Crippen LogP contribution in [0.2, 0.25) is 0 Å². The Labute approximate surface area is 191 Å². The number of rotatable bonds is 4. The monoisotopic (exact) mass is 433 g/mol. The van der Waals surface area contributed by atoms with Gasteiger partial charge in [-0.1, -0.05) is 62.3 Å². The van der Waals surface area contributed by atoms with E-state index in [4.69, 9.17) is 0 Å². The summed E-state index contributed by atoms with van der Waals surface area (Å²) in [4.78, 5) is 28.2. The zero-order valence-corrected chi connectivity index (χ0v) is 19.0. The maximum absolute atomic E-state index is 14.0. The van der Waals surface area contributed by atoms with Crippen molar-refractivity contribution in [1.82, 2.24) is 10.2 Å². The molecule has 2 heterocycles. The normalized spacial score (nSPS) is 33.2. The summed E-state index contributed by atoms with van der Waals surface area (Å²) in [5.41, 5.74) is 2.42. The molecule has 32 heavy (non-hydrogen) atoms. The van der Waals surface area contributed by atoms with Crippen molar-refractivity contribution in [2.45, 2.75) is 70.0 Å². The molecule has 2 amide bonds. The third kappa shape index (κ3) is 3.87. The number of allylic oxidation sites excluding steroid dienone is 3. The lowest BCUT2D eigenvalue weighted by Crippen LogP contribution is -2.51. The summed E-state index contributed by atoms with van der Waals surface area (Å²) >= 11 is 0. The minimum Gasteiger partial charge on any atom is -0.381 e. The summed E-state index contributed by atoms with van der Waals surface area (Å²) in [7, 11) is 0. The fourth-order valence-electron chi connectivity index (χ4n) is 6.42. The Kier molecular flexibility index (Phi) is 6.07. The highest BCUT2D eigenvalue weighted by molar-refractivity contribution is 5.83. The number of amides is 2. The Balaban J connectivity index is 1.43. The number of para-hydroxylation sites is 1. The van der Waals surface area contributed by atoms with Crippen LogP contribution in [-0.4, -0.2) is 35.3 Å². The second kappa shape index (κ2) is 9.13. The molecule has 1 unspecified atom stereocenters. The van der Waals surface area contributed by atoms with Crippen molar-refractivity contribution in [3.63, 3.8) is 0 Å². The zero-order chi connectivity index (χ0) is 22.1. The molecule has 2 N–H and O–H groups in total. The van der Waals surface area contributed by atoms with Crippen molar-refractivity contribution < 1.29 is 9.59 Å². The number of nitrogens with one attached hydrogen (secondary N) is 2. The topological polar surface area (TPSA) is 61.4 Å². The van der Waals surface area contributed by atoms with E-state index in [1.807, 2.05) is 6.92 Å². The quantitative estimate of drug-likeness (QED) is 0.730. The van der Waals surface area contributed by atoms with Crippen LogP contribution in [0, 0.1) is 17.8 Å². The summed E-state index contributed by atoms with van der Waals surface area (Å²) in [6.07, 6.45) is 15.3. The molecule has 0 bridgehead atoms. The summed E-state index contributed by atoms with van der Waals surface area (Å²) in [5.74, 6) is 1.05. The Hall–Kier alpha value is -2.56. The van der Waals surface area contributed by atoms with Crippen LogP contribution in [0.15, 0.2) is 48.6 Å².